The van der Waals surface area contributed by atoms with Crippen LogP contribution in [0.15, 0.2) is 31.0 Å². The molecule has 1 aromatic rings. The molecule has 1 heterocycles. The molecule has 0 radical (unpaired) electrons. The predicted molar refractivity (Wildman–Crippen MR) is 64.0 cm³/mol. The van der Waals surface area contributed by atoms with Crippen LogP contribution in [0.4, 0.5) is 0 Å². The highest BCUT2D eigenvalue weighted by Gasteiger charge is 2.12. The largest absolute Gasteiger partial charge is 0.487 e. The zero-order valence-electron chi connectivity index (χ0n) is 9.56. The van der Waals surface area contributed by atoms with Gasteiger partial charge in [0.15, 0.2) is 11.4 Å². The van der Waals surface area contributed by atoms with Crippen molar-refractivity contribution in [2.45, 2.75) is 6.42 Å². The number of carbonyl (C=O) groups is 1. The molecule has 5 heteroatoms. The lowest BCUT2D eigenvalue weighted by Crippen LogP contribution is -2.26. The van der Waals surface area contributed by atoms with E-state index < -0.39 is 0 Å². The van der Waals surface area contributed by atoms with E-state index >= 15 is 0 Å². The van der Waals surface area contributed by atoms with Crippen LogP contribution in [-0.4, -0.2) is 35.8 Å². The monoisotopic (exact) mass is 236 g/mol. The fourth-order valence-corrected chi connectivity index (χ4v) is 1.19. The number of amides is 1. The van der Waals surface area contributed by atoms with Crippen molar-refractivity contribution in [3.8, 4) is 5.75 Å². The fraction of sp³-hybridized carbons (Fsp3) is 0.333. The summed E-state index contributed by atoms with van der Waals surface area (Å²) in [6.07, 6.45) is 3.64. The fourth-order valence-electron chi connectivity index (χ4n) is 1.19. The van der Waals surface area contributed by atoms with E-state index in [9.17, 15) is 4.79 Å². The van der Waals surface area contributed by atoms with E-state index in [1.807, 2.05) is 0 Å². The van der Waals surface area contributed by atoms with Crippen LogP contribution >= 0.6 is 0 Å². The van der Waals surface area contributed by atoms with E-state index in [1.165, 1.54) is 6.20 Å². The lowest BCUT2D eigenvalue weighted by atomic mass is 10.3. The van der Waals surface area contributed by atoms with Gasteiger partial charge < -0.3 is 15.2 Å². The Labute approximate surface area is 100 Å². The van der Waals surface area contributed by atoms with E-state index in [0.717, 1.165) is 0 Å². The third-order valence-electron chi connectivity index (χ3n) is 1.96. The van der Waals surface area contributed by atoms with Gasteiger partial charge in [-0.15, -0.1) is 0 Å². The standard InChI is InChI=1S/C12H16N2O3/c1-2-9-17-10-5-3-6-13-11(10)12(16)14-7-4-8-15/h2-3,5-6,15H,1,4,7-9H2,(H,14,16). The highest BCUT2D eigenvalue weighted by molar-refractivity contribution is 5.94. The van der Waals surface area contributed by atoms with Crippen LogP contribution in [0.3, 0.4) is 0 Å². The molecule has 1 aromatic heterocycles. The van der Waals surface area contributed by atoms with Crippen molar-refractivity contribution in [3.63, 3.8) is 0 Å². The van der Waals surface area contributed by atoms with Gasteiger partial charge in [-0.25, -0.2) is 4.98 Å². The second kappa shape index (κ2) is 7.40. The van der Waals surface area contributed by atoms with Crippen molar-refractivity contribution in [3.05, 3.63) is 36.7 Å². The number of pyridine rings is 1. The maximum atomic E-state index is 11.7. The summed E-state index contributed by atoms with van der Waals surface area (Å²) < 4.78 is 5.32. The highest BCUT2D eigenvalue weighted by atomic mass is 16.5. The van der Waals surface area contributed by atoms with Gasteiger partial charge in [0, 0.05) is 19.3 Å². The first-order valence-corrected chi connectivity index (χ1v) is 5.37. The molecule has 1 rings (SSSR count). The number of ether oxygens (including phenoxy) is 1. The maximum absolute atomic E-state index is 11.7. The molecule has 0 bridgehead atoms. The van der Waals surface area contributed by atoms with Crippen LogP contribution in [0.5, 0.6) is 5.75 Å². The summed E-state index contributed by atoms with van der Waals surface area (Å²) >= 11 is 0. The number of nitrogens with zero attached hydrogens (tertiary/aromatic N) is 1. The zero-order valence-corrected chi connectivity index (χ0v) is 9.56. The minimum atomic E-state index is -0.307. The van der Waals surface area contributed by atoms with Gasteiger partial charge in [-0.2, -0.15) is 0 Å². The molecule has 0 aliphatic carbocycles. The number of hydrogen-bond acceptors (Lipinski definition) is 4. The Morgan fingerprint density at radius 1 is 1.65 bits per heavy atom. The molecule has 0 aromatic carbocycles. The Balaban J connectivity index is 2.67. The average Bonchev–Trinajstić information content (AvgIpc) is 2.37. The Bertz CT molecular complexity index is 380. The Hall–Kier alpha value is -1.88. The number of carbonyl (C=O) groups excluding carboxylic acids is 1. The molecule has 0 aliphatic heterocycles. The molecule has 5 nitrogen and oxygen atoms in total. The molecule has 1 amide bonds. The van der Waals surface area contributed by atoms with Gasteiger partial charge in [-0.3, -0.25) is 4.79 Å². The lowest BCUT2D eigenvalue weighted by molar-refractivity contribution is 0.0942. The number of aliphatic hydroxyl groups excluding tert-OH is 1. The van der Waals surface area contributed by atoms with Crippen LogP contribution in [0.1, 0.15) is 16.9 Å². The molecule has 2 N–H and O–H groups in total. The molecule has 0 atom stereocenters. The summed E-state index contributed by atoms with van der Waals surface area (Å²) in [7, 11) is 0. The third-order valence-corrected chi connectivity index (χ3v) is 1.96. The average molecular weight is 236 g/mol. The normalized spacial score (nSPS) is 9.71. The van der Waals surface area contributed by atoms with Gasteiger partial charge >= 0.3 is 0 Å². The van der Waals surface area contributed by atoms with Crippen LogP contribution in [0.2, 0.25) is 0 Å². The Morgan fingerprint density at radius 2 is 2.47 bits per heavy atom. The number of aromatic nitrogens is 1. The Morgan fingerprint density at radius 3 is 3.18 bits per heavy atom. The number of nitrogens with one attached hydrogen (secondary N) is 1. The number of rotatable bonds is 7. The Kier molecular flexibility index (Phi) is 5.74. The molecule has 0 unspecified atom stereocenters. The second-order valence-corrected chi connectivity index (χ2v) is 3.28. The first-order valence-electron chi connectivity index (χ1n) is 5.37. The van der Waals surface area contributed by atoms with Crippen molar-refractivity contribution < 1.29 is 14.6 Å². The van der Waals surface area contributed by atoms with E-state index in [-0.39, 0.29) is 18.2 Å². The summed E-state index contributed by atoms with van der Waals surface area (Å²) in [6, 6.07) is 3.38. The highest BCUT2D eigenvalue weighted by Crippen LogP contribution is 2.14. The minimum absolute atomic E-state index is 0.0440. The van der Waals surface area contributed by atoms with E-state index in [4.69, 9.17) is 9.84 Å². The molecule has 92 valence electrons. The van der Waals surface area contributed by atoms with Gasteiger partial charge in [0.05, 0.1) is 0 Å². The summed E-state index contributed by atoms with van der Waals surface area (Å²) in [5.41, 5.74) is 0.243. The van der Waals surface area contributed by atoms with Gasteiger partial charge in [-0.05, 0) is 18.6 Å². The first-order chi connectivity index (χ1) is 8.29. The lowest BCUT2D eigenvalue weighted by Gasteiger charge is -2.08. The summed E-state index contributed by atoms with van der Waals surface area (Å²) in [4.78, 5) is 15.7. The van der Waals surface area contributed by atoms with E-state index in [2.05, 4.69) is 16.9 Å². The van der Waals surface area contributed by atoms with Crippen molar-refractivity contribution in [2.75, 3.05) is 19.8 Å². The van der Waals surface area contributed by atoms with Crippen LogP contribution in [0, 0.1) is 0 Å². The topological polar surface area (TPSA) is 71.5 Å². The molecule has 0 saturated heterocycles. The van der Waals surface area contributed by atoms with Gasteiger partial charge in [0.1, 0.15) is 6.61 Å². The van der Waals surface area contributed by atoms with Crippen molar-refractivity contribution in [1.82, 2.24) is 10.3 Å². The molecular formula is C12H16N2O3. The van der Waals surface area contributed by atoms with E-state index in [1.54, 1.807) is 18.2 Å². The summed E-state index contributed by atoms with van der Waals surface area (Å²) in [5, 5.41) is 11.3. The number of aliphatic hydroxyl groups is 1. The van der Waals surface area contributed by atoms with Crippen LogP contribution in [-0.2, 0) is 0 Å². The predicted octanol–water partition coefficient (Wildman–Crippen LogP) is 0.759. The maximum Gasteiger partial charge on any atom is 0.273 e. The first kappa shape index (κ1) is 13.2. The molecule has 0 fully saturated rings. The quantitative estimate of drug-likeness (QED) is 0.541. The molecule has 17 heavy (non-hydrogen) atoms. The SMILES string of the molecule is C=CCOc1cccnc1C(=O)NCCCO. The summed E-state index contributed by atoms with van der Waals surface area (Å²) in [5.74, 6) is 0.118. The molecule has 0 saturated carbocycles. The van der Waals surface area contributed by atoms with E-state index in [0.29, 0.717) is 25.3 Å². The van der Waals surface area contributed by atoms with Gasteiger partial charge in [0.2, 0.25) is 0 Å². The van der Waals surface area contributed by atoms with Crippen LogP contribution in [0.25, 0.3) is 0 Å². The van der Waals surface area contributed by atoms with Crippen molar-refractivity contribution in [1.29, 1.82) is 0 Å². The van der Waals surface area contributed by atoms with Crippen molar-refractivity contribution in [2.24, 2.45) is 0 Å². The van der Waals surface area contributed by atoms with Crippen molar-refractivity contribution >= 4 is 5.91 Å². The molecule has 0 aliphatic rings. The smallest absolute Gasteiger partial charge is 0.273 e. The zero-order chi connectivity index (χ0) is 12.5. The number of hydrogen-bond donors (Lipinski definition) is 2. The third kappa shape index (κ3) is 4.24. The van der Waals surface area contributed by atoms with Crippen LogP contribution < -0.4 is 10.1 Å². The molecular weight excluding hydrogens is 220 g/mol. The summed E-state index contributed by atoms with van der Waals surface area (Å²) in [6.45, 7) is 4.31. The molecule has 0 spiro atoms. The van der Waals surface area contributed by atoms with Gasteiger partial charge in [0.25, 0.3) is 5.91 Å². The van der Waals surface area contributed by atoms with Gasteiger partial charge in [-0.1, -0.05) is 12.7 Å². The minimum Gasteiger partial charge on any atom is -0.487 e. The second-order valence-electron chi connectivity index (χ2n) is 3.28.